The van der Waals surface area contributed by atoms with Gasteiger partial charge in [-0.3, -0.25) is 4.79 Å². The molecule has 4 aliphatic carbocycles. The molecule has 6 rings (SSSR count). The Morgan fingerprint density at radius 2 is 1.70 bits per heavy atom. The van der Waals surface area contributed by atoms with Gasteiger partial charge in [-0.15, -0.1) is 0 Å². The van der Waals surface area contributed by atoms with Gasteiger partial charge in [-0.05, 0) is 69.1 Å². The fourth-order valence-corrected chi connectivity index (χ4v) is 6.51. The Labute approximate surface area is 161 Å². The molecule has 0 radical (unpaired) electrons. The summed E-state index contributed by atoms with van der Waals surface area (Å²) < 4.78 is 0. The Kier molecular flexibility index (Phi) is 4.06. The number of nitrogens with zero attached hydrogens (tertiary/aromatic N) is 4. The first-order valence-corrected chi connectivity index (χ1v) is 10.6. The minimum atomic E-state index is -0.147. The maximum atomic E-state index is 13.4. The molecular weight excluding hydrogens is 338 g/mol. The van der Waals surface area contributed by atoms with Crippen molar-refractivity contribution >= 4 is 23.4 Å². The lowest BCUT2D eigenvalue weighted by Gasteiger charge is -2.55. The van der Waals surface area contributed by atoms with E-state index in [1.54, 1.807) is 0 Å². The fraction of sp³-hybridized carbons (Fsp3) is 0.762. The lowest BCUT2D eigenvalue weighted by atomic mass is 9.49. The van der Waals surface area contributed by atoms with Crippen molar-refractivity contribution in [2.24, 2.45) is 23.2 Å². The standard InChI is InChI=1S/C21H31N5O/c1-25(2)18-17(13-22-20(24-18)26-5-3-4-6-26)23-19(27)21-10-14-7-15(11-21)9-16(8-14)12-21/h13-16H,3-12H2,1-2H3,(H,23,27). The molecule has 1 amide bonds. The van der Waals surface area contributed by atoms with Gasteiger partial charge in [-0.2, -0.15) is 4.98 Å². The van der Waals surface area contributed by atoms with Crippen molar-refractivity contribution in [2.45, 2.75) is 51.4 Å². The van der Waals surface area contributed by atoms with E-state index >= 15 is 0 Å². The van der Waals surface area contributed by atoms with Crippen molar-refractivity contribution in [1.82, 2.24) is 9.97 Å². The van der Waals surface area contributed by atoms with Gasteiger partial charge in [0, 0.05) is 27.2 Å². The van der Waals surface area contributed by atoms with E-state index in [0.717, 1.165) is 67.6 Å². The summed E-state index contributed by atoms with van der Waals surface area (Å²) in [6.45, 7) is 2.04. The number of rotatable bonds is 4. The van der Waals surface area contributed by atoms with E-state index in [1.807, 2.05) is 25.2 Å². The van der Waals surface area contributed by atoms with Crippen LogP contribution >= 0.6 is 0 Å². The van der Waals surface area contributed by atoms with E-state index in [-0.39, 0.29) is 11.3 Å². The molecule has 2 heterocycles. The Morgan fingerprint density at radius 1 is 1.11 bits per heavy atom. The maximum absolute atomic E-state index is 13.4. The molecule has 1 aliphatic heterocycles. The van der Waals surface area contributed by atoms with E-state index in [9.17, 15) is 4.79 Å². The average Bonchev–Trinajstić information content (AvgIpc) is 3.15. The van der Waals surface area contributed by atoms with E-state index in [4.69, 9.17) is 4.98 Å². The highest BCUT2D eigenvalue weighted by atomic mass is 16.2. The van der Waals surface area contributed by atoms with Crippen LogP contribution in [0.2, 0.25) is 0 Å². The van der Waals surface area contributed by atoms with Crippen molar-refractivity contribution in [3.63, 3.8) is 0 Å². The lowest BCUT2D eigenvalue weighted by molar-refractivity contribution is -0.140. The van der Waals surface area contributed by atoms with Crippen LogP contribution in [0.25, 0.3) is 0 Å². The minimum absolute atomic E-state index is 0.147. The zero-order chi connectivity index (χ0) is 18.6. The van der Waals surface area contributed by atoms with Gasteiger partial charge in [0.1, 0.15) is 5.69 Å². The molecule has 1 aromatic rings. The Hall–Kier alpha value is -1.85. The monoisotopic (exact) mass is 369 g/mol. The molecule has 0 atom stereocenters. The topological polar surface area (TPSA) is 61.4 Å². The van der Waals surface area contributed by atoms with E-state index < -0.39 is 0 Å². The summed E-state index contributed by atoms with van der Waals surface area (Å²) in [6, 6.07) is 0. The second-order valence-corrected chi connectivity index (χ2v) is 9.65. The summed E-state index contributed by atoms with van der Waals surface area (Å²) in [7, 11) is 3.97. The van der Waals surface area contributed by atoms with Gasteiger partial charge in [-0.1, -0.05) is 0 Å². The molecule has 4 bridgehead atoms. The predicted octanol–water partition coefficient (Wildman–Crippen LogP) is 3.30. The Bertz CT molecular complexity index is 705. The number of carbonyl (C=O) groups is 1. The van der Waals surface area contributed by atoms with Gasteiger partial charge < -0.3 is 15.1 Å². The van der Waals surface area contributed by atoms with Crippen LogP contribution in [-0.4, -0.2) is 43.1 Å². The molecule has 1 aromatic heterocycles. The first-order chi connectivity index (χ1) is 13.0. The van der Waals surface area contributed by atoms with E-state index in [0.29, 0.717) is 0 Å². The zero-order valence-corrected chi connectivity index (χ0v) is 16.6. The SMILES string of the molecule is CN(C)c1nc(N2CCCC2)ncc1NC(=O)C12CC3CC(CC(C3)C1)C2. The molecule has 1 saturated heterocycles. The minimum Gasteiger partial charge on any atom is -0.361 e. The molecule has 27 heavy (non-hydrogen) atoms. The van der Waals surface area contributed by atoms with Crippen LogP contribution in [0, 0.1) is 23.2 Å². The molecule has 0 aromatic carbocycles. The molecule has 0 unspecified atom stereocenters. The number of carbonyl (C=O) groups excluding carboxylic acids is 1. The number of aromatic nitrogens is 2. The molecule has 146 valence electrons. The average molecular weight is 370 g/mol. The molecule has 0 spiro atoms. The van der Waals surface area contributed by atoms with Crippen LogP contribution in [0.5, 0.6) is 0 Å². The number of nitrogens with one attached hydrogen (secondary N) is 1. The quantitative estimate of drug-likeness (QED) is 0.882. The van der Waals surface area contributed by atoms with Crippen LogP contribution in [0.1, 0.15) is 51.4 Å². The molecule has 5 fully saturated rings. The highest BCUT2D eigenvalue weighted by Gasteiger charge is 2.54. The van der Waals surface area contributed by atoms with Crippen LogP contribution in [0.15, 0.2) is 6.20 Å². The van der Waals surface area contributed by atoms with Crippen LogP contribution in [-0.2, 0) is 4.79 Å². The smallest absolute Gasteiger partial charge is 0.230 e. The second-order valence-electron chi connectivity index (χ2n) is 9.65. The van der Waals surface area contributed by atoms with Crippen molar-refractivity contribution in [3.05, 3.63) is 6.20 Å². The van der Waals surface area contributed by atoms with Gasteiger partial charge in [0.15, 0.2) is 5.82 Å². The molecule has 5 aliphatic rings. The maximum Gasteiger partial charge on any atom is 0.230 e. The van der Waals surface area contributed by atoms with Gasteiger partial charge in [0.25, 0.3) is 0 Å². The largest absolute Gasteiger partial charge is 0.361 e. The van der Waals surface area contributed by atoms with Gasteiger partial charge in [-0.25, -0.2) is 4.98 Å². The zero-order valence-electron chi connectivity index (χ0n) is 16.6. The number of anilines is 3. The van der Waals surface area contributed by atoms with Gasteiger partial charge in [0.05, 0.1) is 11.6 Å². The van der Waals surface area contributed by atoms with Crippen molar-refractivity contribution in [2.75, 3.05) is 42.3 Å². The fourth-order valence-electron chi connectivity index (χ4n) is 6.51. The second kappa shape index (κ2) is 6.35. The van der Waals surface area contributed by atoms with Crippen LogP contribution in [0.3, 0.4) is 0 Å². The predicted molar refractivity (Wildman–Crippen MR) is 107 cm³/mol. The van der Waals surface area contributed by atoms with E-state index in [2.05, 4.69) is 15.2 Å². The van der Waals surface area contributed by atoms with Crippen molar-refractivity contribution < 1.29 is 4.79 Å². The summed E-state index contributed by atoms with van der Waals surface area (Å²) in [5.41, 5.74) is 0.607. The summed E-state index contributed by atoms with van der Waals surface area (Å²) in [5.74, 6) is 4.11. The third-order valence-corrected chi connectivity index (χ3v) is 7.34. The van der Waals surface area contributed by atoms with Crippen LogP contribution in [0.4, 0.5) is 17.5 Å². The van der Waals surface area contributed by atoms with Crippen LogP contribution < -0.4 is 15.1 Å². The summed E-state index contributed by atoms with van der Waals surface area (Å²) in [6.07, 6.45) is 11.5. The Balaban J connectivity index is 1.39. The Morgan fingerprint density at radius 3 is 2.26 bits per heavy atom. The number of amides is 1. The molecular formula is C21H31N5O. The molecule has 1 N–H and O–H groups in total. The highest BCUT2D eigenvalue weighted by molar-refractivity contribution is 5.97. The molecule has 4 saturated carbocycles. The van der Waals surface area contributed by atoms with Gasteiger partial charge >= 0.3 is 0 Å². The molecule has 6 nitrogen and oxygen atoms in total. The first-order valence-electron chi connectivity index (χ1n) is 10.6. The number of hydrogen-bond acceptors (Lipinski definition) is 5. The first kappa shape index (κ1) is 17.3. The third-order valence-electron chi connectivity index (χ3n) is 7.34. The van der Waals surface area contributed by atoms with Gasteiger partial charge in [0.2, 0.25) is 11.9 Å². The number of hydrogen-bond donors (Lipinski definition) is 1. The summed E-state index contributed by atoms with van der Waals surface area (Å²) >= 11 is 0. The lowest BCUT2D eigenvalue weighted by Crippen LogP contribution is -2.51. The third kappa shape index (κ3) is 2.97. The van der Waals surface area contributed by atoms with Crippen molar-refractivity contribution in [3.8, 4) is 0 Å². The molecule has 6 heteroatoms. The van der Waals surface area contributed by atoms with E-state index in [1.165, 1.54) is 32.1 Å². The highest BCUT2D eigenvalue weighted by Crippen LogP contribution is 2.60. The normalized spacial score (nSPS) is 34.1. The summed E-state index contributed by atoms with van der Waals surface area (Å²) in [5, 5.41) is 3.24. The summed E-state index contributed by atoms with van der Waals surface area (Å²) in [4.78, 5) is 27.0. The van der Waals surface area contributed by atoms with Crippen molar-refractivity contribution in [1.29, 1.82) is 0 Å².